The largest absolute Gasteiger partial charge is 0.356 e. The molecule has 3 rings (SSSR count). The second-order valence-electron chi connectivity index (χ2n) is 6.89. The molecule has 5 heteroatoms. The van der Waals surface area contributed by atoms with Gasteiger partial charge in [-0.2, -0.15) is 0 Å². The van der Waals surface area contributed by atoms with E-state index in [0.29, 0.717) is 0 Å². The molecule has 1 aliphatic carbocycles. The van der Waals surface area contributed by atoms with Gasteiger partial charge in [-0.15, -0.1) is 0 Å². The van der Waals surface area contributed by atoms with E-state index in [-0.39, 0.29) is 11.8 Å². The van der Waals surface area contributed by atoms with Gasteiger partial charge in [0, 0.05) is 37.9 Å². The Morgan fingerprint density at radius 3 is 2.48 bits per heavy atom. The lowest BCUT2D eigenvalue weighted by atomic mass is 9.87. The van der Waals surface area contributed by atoms with Gasteiger partial charge in [-0.25, -0.2) is 9.97 Å². The zero-order chi connectivity index (χ0) is 15.9. The molecule has 1 aliphatic heterocycles. The van der Waals surface area contributed by atoms with Crippen LogP contribution in [0.2, 0.25) is 0 Å². The maximum Gasteiger partial charge on any atom is 0.225 e. The molecular weight excluding hydrogens is 288 g/mol. The molecule has 2 heterocycles. The fraction of sp³-hybridized carbons (Fsp3) is 0.722. The van der Waals surface area contributed by atoms with Crippen molar-refractivity contribution in [1.82, 2.24) is 15.3 Å². The number of hydrogen-bond donors (Lipinski definition) is 1. The van der Waals surface area contributed by atoms with E-state index in [9.17, 15) is 4.79 Å². The van der Waals surface area contributed by atoms with E-state index < -0.39 is 0 Å². The maximum atomic E-state index is 12.3. The smallest absolute Gasteiger partial charge is 0.225 e. The van der Waals surface area contributed by atoms with E-state index in [1.165, 1.54) is 32.1 Å². The first-order chi connectivity index (χ1) is 11.3. The number of nitrogens with one attached hydrogen (secondary N) is 1. The lowest BCUT2D eigenvalue weighted by Crippen LogP contribution is -2.41. The number of carbonyl (C=O) groups is 1. The van der Waals surface area contributed by atoms with Crippen LogP contribution in [-0.2, 0) is 4.79 Å². The number of piperidine rings is 1. The van der Waals surface area contributed by atoms with Gasteiger partial charge in [0.05, 0.1) is 0 Å². The molecule has 1 N–H and O–H groups in total. The van der Waals surface area contributed by atoms with E-state index in [0.717, 1.165) is 50.8 Å². The Bertz CT molecular complexity index is 479. The normalized spacial score (nSPS) is 20.4. The average Bonchev–Trinajstić information content (AvgIpc) is 2.63. The van der Waals surface area contributed by atoms with Crippen molar-refractivity contribution in [2.45, 2.75) is 51.4 Å². The van der Waals surface area contributed by atoms with Crippen molar-refractivity contribution in [2.24, 2.45) is 11.8 Å². The van der Waals surface area contributed by atoms with Gasteiger partial charge in [0.2, 0.25) is 11.9 Å². The second kappa shape index (κ2) is 8.27. The number of aromatic nitrogens is 2. The van der Waals surface area contributed by atoms with Crippen LogP contribution in [-0.4, -0.2) is 35.5 Å². The van der Waals surface area contributed by atoms with Gasteiger partial charge in [0.15, 0.2) is 0 Å². The third-order valence-electron chi connectivity index (χ3n) is 5.28. The van der Waals surface area contributed by atoms with Crippen LogP contribution in [0.25, 0.3) is 0 Å². The summed E-state index contributed by atoms with van der Waals surface area (Å²) in [5.74, 6) is 2.01. The molecule has 0 bridgehead atoms. The maximum absolute atomic E-state index is 12.3. The molecule has 0 atom stereocenters. The van der Waals surface area contributed by atoms with Crippen molar-refractivity contribution >= 4 is 11.9 Å². The summed E-state index contributed by atoms with van der Waals surface area (Å²) in [6.45, 7) is 2.58. The number of rotatable bonds is 5. The van der Waals surface area contributed by atoms with Crippen LogP contribution in [0.15, 0.2) is 18.5 Å². The lowest BCUT2D eigenvalue weighted by Gasteiger charge is -2.31. The molecule has 1 amide bonds. The minimum absolute atomic E-state index is 0.154. The predicted molar refractivity (Wildman–Crippen MR) is 91.2 cm³/mol. The topological polar surface area (TPSA) is 58.1 Å². The molecule has 2 fully saturated rings. The van der Waals surface area contributed by atoms with Crippen LogP contribution in [0.5, 0.6) is 0 Å². The Hall–Kier alpha value is -1.65. The number of amides is 1. The molecule has 1 aromatic heterocycles. The summed E-state index contributed by atoms with van der Waals surface area (Å²) in [7, 11) is 0. The first-order valence-electron chi connectivity index (χ1n) is 9.12. The number of hydrogen-bond acceptors (Lipinski definition) is 4. The molecular formula is C18H28N4O. The predicted octanol–water partition coefficient (Wildman–Crippen LogP) is 2.78. The Kier molecular flexibility index (Phi) is 5.83. The Morgan fingerprint density at radius 1 is 1.09 bits per heavy atom. The fourth-order valence-corrected chi connectivity index (χ4v) is 3.82. The van der Waals surface area contributed by atoms with Crippen molar-refractivity contribution in [1.29, 1.82) is 0 Å². The Labute approximate surface area is 138 Å². The number of anilines is 1. The summed E-state index contributed by atoms with van der Waals surface area (Å²) in [6, 6.07) is 1.83. The first-order valence-corrected chi connectivity index (χ1v) is 9.12. The number of carbonyl (C=O) groups excluding carboxylic acids is 1. The molecule has 0 spiro atoms. The van der Waals surface area contributed by atoms with Gasteiger partial charge in [-0.05, 0) is 31.2 Å². The molecule has 0 aromatic carbocycles. The molecule has 2 aliphatic rings. The molecule has 0 unspecified atom stereocenters. The average molecular weight is 316 g/mol. The van der Waals surface area contributed by atoms with Gasteiger partial charge in [0.25, 0.3) is 0 Å². The van der Waals surface area contributed by atoms with Crippen LogP contribution in [0.3, 0.4) is 0 Å². The standard InChI is InChI=1S/C18H28N4O/c23-17(19-12-7-15-5-2-1-3-6-15)16-8-13-22(14-9-16)18-20-10-4-11-21-18/h4,10-11,15-16H,1-3,5-9,12-14H2,(H,19,23). The van der Waals surface area contributed by atoms with Crippen LogP contribution < -0.4 is 10.2 Å². The molecule has 1 saturated carbocycles. The van der Waals surface area contributed by atoms with Gasteiger partial charge in [0.1, 0.15) is 0 Å². The zero-order valence-electron chi connectivity index (χ0n) is 13.9. The second-order valence-corrected chi connectivity index (χ2v) is 6.89. The van der Waals surface area contributed by atoms with Crippen LogP contribution in [0.1, 0.15) is 51.4 Å². The summed E-state index contributed by atoms with van der Waals surface area (Å²) < 4.78 is 0. The summed E-state index contributed by atoms with van der Waals surface area (Å²) in [5.41, 5.74) is 0. The van der Waals surface area contributed by atoms with E-state index in [4.69, 9.17) is 0 Å². The van der Waals surface area contributed by atoms with Gasteiger partial charge < -0.3 is 10.2 Å². The summed E-state index contributed by atoms with van der Waals surface area (Å²) in [6.07, 6.45) is 13.3. The van der Waals surface area contributed by atoms with Gasteiger partial charge >= 0.3 is 0 Å². The quantitative estimate of drug-likeness (QED) is 0.907. The summed E-state index contributed by atoms with van der Waals surface area (Å²) in [5, 5.41) is 3.17. The van der Waals surface area contributed by atoms with Crippen LogP contribution in [0, 0.1) is 11.8 Å². The van der Waals surface area contributed by atoms with E-state index in [2.05, 4.69) is 20.2 Å². The molecule has 1 aromatic rings. The van der Waals surface area contributed by atoms with Crippen molar-refractivity contribution in [3.63, 3.8) is 0 Å². The van der Waals surface area contributed by atoms with Crippen molar-refractivity contribution < 1.29 is 4.79 Å². The van der Waals surface area contributed by atoms with E-state index in [1.807, 2.05) is 6.07 Å². The monoisotopic (exact) mass is 316 g/mol. The molecule has 126 valence electrons. The van der Waals surface area contributed by atoms with E-state index in [1.54, 1.807) is 12.4 Å². The fourth-order valence-electron chi connectivity index (χ4n) is 3.82. The first kappa shape index (κ1) is 16.2. The van der Waals surface area contributed by atoms with Crippen molar-refractivity contribution in [3.05, 3.63) is 18.5 Å². The summed E-state index contributed by atoms with van der Waals surface area (Å²) >= 11 is 0. The van der Waals surface area contributed by atoms with Gasteiger partial charge in [-0.3, -0.25) is 4.79 Å². The van der Waals surface area contributed by atoms with Gasteiger partial charge in [-0.1, -0.05) is 32.1 Å². The lowest BCUT2D eigenvalue weighted by molar-refractivity contribution is -0.125. The molecule has 1 saturated heterocycles. The van der Waals surface area contributed by atoms with Crippen molar-refractivity contribution in [2.75, 3.05) is 24.5 Å². The third kappa shape index (κ3) is 4.66. The minimum atomic E-state index is 0.154. The number of nitrogens with zero attached hydrogens (tertiary/aromatic N) is 3. The highest BCUT2D eigenvalue weighted by atomic mass is 16.1. The van der Waals surface area contributed by atoms with E-state index >= 15 is 0 Å². The Morgan fingerprint density at radius 2 is 1.78 bits per heavy atom. The molecule has 5 nitrogen and oxygen atoms in total. The molecule has 23 heavy (non-hydrogen) atoms. The zero-order valence-corrected chi connectivity index (χ0v) is 13.9. The third-order valence-corrected chi connectivity index (χ3v) is 5.28. The van der Waals surface area contributed by atoms with Crippen LogP contribution in [0.4, 0.5) is 5.95 Å². The summed E-state index contributed by atoms with van der Waals surface area (Å²) in [4.78, 5) is 23.1. The Balaban J connectivity index is 1.36. The highest BCUT2D eigenvalue weighted by Crippen LogP contribution is 2.26. The van der Waals surface area contributed by atoms with Crippen LogP contribution >= 0.6 is 0 Å². The van der Waals surface area contributed by atoms with Crippen molar-refractivity contribution in [3.8, 4) is 0 Å². The minimum Gasteiger partial charge on any atom is -0.356 e. The highest BCUT2D eigenvalue weighted by molar-refractivity contribution is 5.78. The SMILES string of the molecule is O=C(NCCC1CCCCC1)C1CCN(c2ncccn2)CC1. The molecule has 0 radical (unpaired) electrons. The highest BCUT2D eigenvalue weighted by Gasteiger charge is 2.26.